The van der Waals surface area contributed by atoms with Gasteiger partial charge in [0, 0.05) is 23.7 Å². The maximum atomic E-state index is 12.4. The van der Waals surface area contributed by atoms with E-state index in [1.54, 1.807) is 12.3 Å². The van der Waals surface area contributed by atoms with Gasteiger partial charge in [0.05, 0.1) is 0 Å². The minimum atomic E-state index is -0.151. The Hall–Kier alpha value is -2.36. The zero-order valence-corrected chi connectivity index (χ0v) is 14.3. The number of amides is 1. The van der Waals surface area contributed by atoms with Crippen LogP contribution in [0, 0.1) is 6.92 Å². The van der Waals surface area contributed by atoms with E-state index in [1.165, 1.54) is 30.9 Å². The topological polar surface area (TPSA) is 62.0 Å². The summed E-state index contributed by atoms with van der Waals surface area (Å²) in [6, 6.07) is 10.2. The Morgan fingerprint density at radius 1 is 1.21 bits per heavy atom. The molecule has 4 nitrogen and oxygen atoms in total. The molecule has 4 heteroatoms. The molecule has 2 aromatic rings. The van der Waals surface area contributed by atoms with Gasteiger partial charge in [-0.05, 0) is 38.3 Å². The van der Waals surface area contributed by atoms with Gasteiger partial charge in [0.1, 0.15) is 5.69 Å². The van der Waals surface area contributed by atoms with Gasteiger partial charge in [0.2, 0.25) is 0 Å². The molecule has 1 aliphatic rings. The predicted octanol–water partition coefficient (Wildman–Crippen LogP) is 3.77. The highest BCUT2D eigenvalue weighted by Crippen LogP contribution is 2.40. The average Bonchev–Trinajstić information content (AvgIpc) is 3.23. The van der Waals surface area contributed by atoms with Crippen molar-refractivity contribution < 1.29 is 9.59 Å². The Balaban J connectivity index is 1.74. The first-order valence-corrected chi connectivity index (χ1v) is 8.55. The van der Waals surface area contributed by atoms with Gasteiger partial charge in [-0.2, -0.15) is 0 Å². The molecule has 0 saturated heterocycles. The standard InChI is InChI=1S/C20H24N2O2/c1-14-6-5-7-17(10-14)20(8-3-4-9-20)13-22-19(24)18-11-16(12-21-18)15(2)23/h5-7,10-12,21H,3-4,8-9,13H2,1-2H3,(H,22,24). The number of rotatable bonds is 5. The highest BCUT2D eigenvalue weighted by molar-refractivity contribution is 5.99. The summed E-state index contributed by atoms with van der Waals surface area (Å²) in [7, 11) is 0. The molecule has 0 spiro atoms. The van der Waals surface area contributed by atoms with Crippen LogP contribution in [0.25, 0.3) is 0 Å². The first kappa shape index (κ1) is 16.5. The molecule has 1 aromatic heterocycles. The molecule has 0 atom stereocenters. The summed E-state index contributed by atoms with van der Waals surface area (Å²) in [5.41, 5.74) is 3.57. The van der Waals surface area contributed by atoms with Crippen molar-refractivity contribution >= 4 is 11.7 Å². The summed E-state index contributed by atoms with van der Waals surface area (Å²) in [5, 5.41) is 3.07. The van der Waals surface area contributed by atoms with Crippen molar-refractivity contribution in [3.8, 4) is 0 Å². The third-order valence-corrected chi connectivity index (χ3v) is 5.11. The summed E-state index contributed by atoms with van der Waals surface area (Å²) in [4.78, 5) is 26.7. The van der Waals surface area contributed by atoms with Crippen molar-refractivity contribution in [3.63, 3.8) is 0 Å². The third kappa shape index (κ3) is 3.28. The van der Waals surface area contributed by atoms with Crippen molar-refractivity contribution in [1.29, 1.82) is 0 Å². The first-order valence-electron chi connectivity index (χ1n) is 8.55. The minimum Gasteiger partial charge on any atom is -0.356 e. The quantitative estimate of drug-likeness (QED) is 0.823. The van der Waals surface area contributed by atoms with Crippen LogP contribution in [-0.2, 0) is 5.41 Å². The third-order valence-electron chi connectivity index (χ3n) is 5.11. The van der Waals surface area contributed by atoms with Crippen LogP contribution in [0.5, 0.6) is 0 Å². The van der Waals surface area contributed by atoms with Gasteiger partial charge in [-0.1, -0.05) is 42.7 Å². The number of benzene rings is 1. The maximum absolute atomic E-state index is 12.4. The van der Waals surface area contributed by atoms with Crippen LogP contribution < -0.4 is 5.32 Å². The Labute approximate surface area is 142 Å². The van der Waals surface area contributed by atoms with Crippen LogP contribution in [0.3, 0.4) is 0 Å². The molecule has 0 radical (unpaired) electrons. The fraction of sp³-hybridized carbons (Fsp3) is 0.400. The molecular weight excluding hydrogens is 300 g/mol. The van der Waals surface area contributed by atoms with E-state index in [2.05, 4.69) is 41.5 Å². The number of ketones is 1. The zero-order valence-electron chi connectivity index (χ0n) is 14.3. The van der Waals surface area contributed by atoms with Crippen LogP contribution >= 0.6 is 0 Å². The maximum Gasteiger partial charge on any atom is 0.267 e. The number of nitrogens with one attached hydrogen (secondary N) is 2. The van der Waals surface area contributed by atoms with Gasteiger partial charge in [0.15, 0.2) is 5.78 Å². The Morgan fingerprint density at radius 2 is 1.96 bits per heavy atom. The summed E-state index contributed by atoms with van der Waals surface area (Å²) in [5.74, 6) is -0.196. The largest absolute Gasteiger partial charge is 0.356 e. The van der Waals surface area contributed by atoms with Crippen LogP contribution in [0.2, 0.25) is 0 Å². The second-order valence-electron chi connectivity index (χ2n) is 6.90. The number of hydrogen-bond donors (Lipinski definition) is 2. The minimum absolute atomic E-state index is 0.0255. The SMILES string of the molecule is CC(=O)c1c[nH]c(C(=O)NCC2(c3cccc(C)c3)CCCC2)c1. The lowest BCUT2D eigenvalue weighted by atomic mass is 9.78. The number of aryl methyl sites for hydroxylation is 1. The summed E-state index contributed by atoms with van der Waals surface area (Å²) >= 11 is 0. The molecule has 24 heavy (non-hydrogen) atoms. The molecule has 0 unspecified atom stereocenters. The average molecular weight is 324 g/mol. The number of H-pyrrole nitrogens is 1. The van der Waals surface area contributed by atoms with Gasteiger partial charge in [-0.3, -0.25) is 9.59 Å². The van der Waals surface area contributed by atoms with E-state index in [1.807, 2.05) is 0 Å². The van der Waals surface area contributed by atoms with Crippen molar-refractivity contribution in [2.24, 2.45) is 0 Å². The first-order chi connectivity index (χ1) is 11.5. The van der Waals surface area contributed by atoms with Crippen molar-refractivity contribution in [2.45, 2.75) is 44.9 Å². The lowest BCUT2D eigenvalue weighted by Crippen LogP contribution is -2.39. The highest BCUT2D eigenvalue weighted by Gasteiger charge is 2.36. The molecule has 0 bridgehead atoms. The Morgan fingerprint density at radius 3 is 2.58 bits per heavy atom. The van der Waals surface area contributed by atoms with Gasteiger partial charge in [-0.25, -0.2) is 0 Å². The summed E-state index contributed by atoms with van der Waals surface area (Å²) in [6.07, 6.45) is 6.17. The van der Waals surface area contributed by atoms with Crippen LogP contribution in [-0.4, -0.2) is 23.2 Å². The fourth-order valence-corrected chi connectivity index (χ4v) is 3.67. The van der Waals surface area contributed by atoms with Gasteiger partial charge in [-0.15, -0.1) is 0 Å². The number of aromatic amines is 1. The molecule has 1 saturated carbocycles. The van der Waals surface area contributed by atoms with E-state index in [-0.39, 0.29) is 17.1 Å². The summed E-state index contributed by atoms with van der Waals surface area (Å²) < 4.78 is 0. The number of carbonyl (C=O) groups excluding carboxylic acids is 2. The molecule has 1 amide bonds. The molecule has 2 N–H and O–H groups in total. The van der Waals surface area contributed by atoms with Crippen molar-refractivity contribution in [3.05, 3.63) is 58.9 Å². The molecular formula is C20H24N2O2. The van der Waals surface area contributed by atoms with E-state index in [0.29, 0.717) is 17.8 Å². The van der Waals surface area contributed by atoms with E-state index in [4.69, 9.17) is 0 Å². The number of hydrogen-bond acceptors (Lipinski definition) is 2. The second kappa shape index (κ2) is 6.63. The Kier molecular flexibility index (Phi) is 4.56. The van der Waals surface area contributed by atoms with Gasteiger partial charge >= 0.3 is 0 Å². The van der Waals surface area contributed by atoms with E-state index >= 15 is 0 Å². The molecule has 1 aromatic carbocycles. The molecule has 1 fully saturated rings. The summed E-state index contributed by atoms with van der Waals surface area (Å²) in [6.45, 7) is 4.23. The van der Waals surface area contributed by atoms with Gasteiger partial charge in [0.25, 0.3) is 5.91 Å². The smallest absolute Gasteiger partial charge is 0.267 e. The van der Waals surface area contributed by atoms with E-state index in [9.17, 15) is 9.59 Å². The number of aromatic nitrogens is 1. The monoisotopic (exact) mass is 324 g/mol. The van der Waals surface area contributed by atoms with Crippen LogP contribution in [0.15, 0.2) is 36.5 Å². The number of Topliss-reactive ketones (excluding diaryl/α,β-unsaturated/α-hetero) is 1. The molecule has 1 heterocycles. The molecule has 1 aliphatic carbocycles. The number of carbonyl (C=O) groups is 2. The van der Waals surface area contributed by atoms with E-state index < -0.39 is 0 Å². The van der Waals surface area contributed by atoms with Crippen molar-refractivity contribution in [2.75, 3.05) is 6.54 Å². The van der Waals surface area contributed by atoms with Gasteiger partial charge < -0.3 is 10.3 Å². The van der Waals surface area contributed by atoms with E-state index in [0.717, 1.165) is 12.8 Å². The Bertz CT molecular complexity index is 755. The fourth-order valence-electron chi connectivity index (χ4n) is 3.67. The molecule has 3 rings (SSSR count). The van der Waals surface area contributed by atoms with Crippen LogP contribution in [0.1, 0.15) is 64.6 Å². The lowest BCUT2D eigenvalue weighted by molar-refractivity contribution is 0.0938. The zero-order chi connectivity index (χ0) is 17.2. The second-order valence-corrected chi connectivity index (χ2v) is 6.90. The highest BCUT2D eigenvalue weighted by atomic mass is 16.2. The van der Waals surface area contributed by atoms with Crippen LogP contribution in [0.4, 0.5) is 0 Å². The predicted molar refractivity (Wildman–Crippen MR) is 94.5 cm³/mol. The normalized spacial score (nSPS) is 16.1. The molecule has 126 valence electrons. The lowest BCUT2D eigenvalue weighted by Gasteiger charge is -2.30. The molecule has 0 aliphatic heterocycles. The van der Waals surface area contributed by atoms with Crippen molar-refractivity contribution in [1.82, 2.24) is 10.3 Å².